The van der Waals surface area contributed by atoms with Crippen LogP contribution in [-0.2, 0) is 0 Å². The molecule has 86 valence electrons. The molecule has 0 saturated carbocycles. The molecule has 0 radical (unpaired) electrons. The summed E-state index contributed by atoms with van der Waals surface area (Å²) in [7, 11) is 0. The Balaban J connectivity index is 3.10. The molecule has 0 amide bonds. The van der Waals surface area contributed by atoms with Gasteiger partial charge in [0.2, 0.25) is 0 Å². The summed E-state index contributed by atoms with van der Waals surface area (Å²) in [6.45, 7) is 7.41. The number of rotatable bonds is 9. The van der Waals surface area contributed by atoms with E-state index in [1.807, 2.05) is 0 Å². The van der Waals surface area contributed by atoms with Crippen LogP contribution >= 0.6 is 0 Å². The lowest BCUT2D eigenvalue weighted by atomic mass is 10.1. The van der Waals surface area contributed by atoms with Crippen molar-refractivity contribution in [3.8, 4) is 0 Å². The topological polar surface area (TPSA) is 64.1 Å². The smallest absolute Gasteiger partial charge is 0.00397 e. The van der Waals surface area contributed by atoms with Crippen molar-refractivity contribution in [2.24, 2.45) is 17.4 Å². The van der Waals surface area contributed by atoms with Gasteiger partial charge in [-0.1, -0.05) is 13.8 Å². The van der Waals surface area contributed by atoms with Crippen molar-refractivity contribution < 1.29 is 0 Å². The molecule has 0 spiro atoms. The molecule has 3 nitrogen and oxygen atoms in total. The first kappa shape index (κ1) is 13.9. The van der Waals surface area contributed by atoms with Crippen LogP contribution in [0.5, 0.6) is 0 Å². The van der Waals surface area contributed by atoms with E-state index >= 15 is 0 Å². The first-order valence-electron chi connectivity index (χ1n) is 5.83. The lowest BCUT2D eigenvalue weighted by molar-refractivity contribution is 0.492. The molecule has 0 bridgehead atoms. The molecule has 0 rings (SSSR count). The SMILES string of the molecule is CC(C)CNCCCC(N)CCCN. The third-order valence-corrected chi connectivity index (χ3v) is 2.26. The van der Waals surface area contributed by atoms with Crippen molar-refractivity contribution in [3.63, 3.8) is 0 Å². The number of nitrogens with one attached hydrogen (secondary N) is 1. The van der Waals surface area contributed by atoms with Gasteiger partial charge in [0.25, 0.3) is 0 Å². The maximum Gasteiger partial charge on any atom is 0.00397 e. The molecule has 0 fully saturated rings. The number of hydrogen-bond donors (Lipinski definition) is 3. The molecule has 3 heteroatoms. The van der Waals surface area contributed by atoms with E-state index in [4.69, 9.17) is 11.5 Å². The number of nitrogens with two attached hydrogens (primary N) is 2. The quantitative estimate of drug-likeness (QED) is 0.489. The van der Waals surface area contributed by atoms with Gasteiger partial charge < -0.3 is 16.8 Å². The fraction of sp³-hybridized carbons (Fsp3) is 1.00. The molecule has 14 heavy (non-hydrogen) atoms. The van der Waals surface area contributed by atoms with Crippen molar-refractivity contribution in [1.29, 1.82) is 0 Å². The molecule has 0 saturated heterocycles. The fourth-order valence-corrected chi connectivity index (χ4v) is 1.40. The van der Waals surface area contributed by atoms with Gasteiger partial charge in [0.15, 0.2) is 0 Å². The normalized spacial score (nSPS) is 13.5. The Labute approximate surface area is 88.6 Å². The zero-order chi connectivity index (χ0) is 10.8. The Morgan fingerprint density at radius 1 is 1.14 bits per heavy atom. The van der Waals surface area contributed by atoms with Gasteiger partial charge >= 0.3 is 0 Å². The molecule has 0 aliphatic carbocycles. The van der Waals surface area contributed by atoms with Gasteiger partial charge in [-0.15, -0.1) is 0 Å². The largest absolute Gasteiger partial charge is 0.330 e. The third kappa shape index (κ3) is 9.96. The van der Waals surface area contributed by atoms with Gasteiger partial charge in [-0.25, -0.2) is 0 Å². The van der Waals surface area contributed by atoms with Crippen molar-refractivity contribution in [3.05, 3.63) is 0 Å². The van der Waals surface area contributed by atoms with E-state index in [-0.39, 0.29) is 0 Å². The predicted octanol–water partition coefficient (Wildman–Crippen LogP) is 1.08. The second-order valence-electron chi connectivity index (χ2n) is 4.43. The van der Waals surface area contributed by atoms with Crippen LogP contribution in [0, 0.1) is 5.92 Å². The first-order chi connectivity index (χ1) is 6.66. The number of hydrogen-bond acceptors (Lipinski definition) is 3. The molecular formula is C11H27N3. The third-order valence-electron chi connectivity index (χ3n) is 2.26. The zero-order valence-electron chi connectivity index (χ0n) is 9.76. The van der Waals surface area contributed by atoms with E-state index in [1.165, 1.54) is 6.42 Å². The van der Waals surface area contributed by atoms with Crippen LogP contribution in [0.1, 0.15) is 39.5 Å². The maximum atomic E-state index is 5.92. The minimum atomic E-state index is 0.347. The summed E-state index contributed by atoms with van der Waals surface area (Å²) in [5, 5.41) is 3.42. The zero-order valence-corrected chi connectivity index (χ0v) is 9.76. The van der Waals surface area contributed by atoms with Crippen LogP contribution in [0.25, 0.3) is 0 Å². The lowest BCUT2D eigenvalue weighted by Gasteiger charge is -2.11. The lowest BCUT2D eigenvalue weighted by Crippen LogP contribution is -2.25. The molecule has 1 atom stereocenters. The van der Waals surface area contributed by atoms with Crippen LogP contribution in [0.4, 0.5) is 0 Å². The Bertz CT molecular complexity index is 115. The fourth-order valence-electron chi connectivity index (χ4n) is 1.40. The standard InChI is InChI=1S/C11H27N3/c1-10(2)9-14-8-4-6-11(13)5-3-7-12/h10-11,14H,3-9,12-13H2,1-2H3. The highest BCUT2D eigenvalue weighted by Crippen LogP contribution is 2.00. The van der Waals surface area contributed by atoms with E-state index in [0.717, 1.165) is 44.8 Å². The molecule has 0 heterocycles. The van der Waals surface area contributed by atoms with Gasteiger partial charge in [0.1, 0.15) is 0 Å². The summed E-state index contributed by atoms with van der Waals surface area (Å²) in [5.74, 6) is 0.737. The summed E-state index contributed by atoms with van der Waals surface area (Å²) in [5.41, 5.74) is 11.3. The highest BCUT2D eigenvalue weighted by Gasteiger charge is 2.01. The second kappa shape index (κ2) is 9.44. The Morgan fingerprint density at radius 2 is 1.79 bits per heavy atom. The van der Waals surface area contributed by atoms with Crippen LogP contribution < -0.4 is 16.8 Å². The molecule has 5 N–H and O–H groups in total. The Hall–Kier alpha value is -0.120. The van der Waals surface area contributed by atoms with Gasteiger partial charge in [0.05, 0.1) is 0 Å². The Morgan fingerprint density at radius 3 is 2.36 bits per heavy atom. The van der Waals surface area contributed by atoms with Gasteiger partial charge in [-0.3, -0.25) is 0 Å². The first-order valence-corrected chi connectivity index (χ1v) is 5.83. The van der Waals surface area contributed by atoms with Crippen LogP contribution in [-0.4, -0.2) is 25.7 Å². The molecule has 1 unspecified atom stereocenters. The summed E-state index contributed by atoms with van der Waals surface area (Å²) < 4.78 is 0. The summed E-state index contributed by atoms with van der Waals surface area (Å²) in [6.07, 6.45) is 4.42. The average Bonchev–Trinajstić information content (AvgIpc) is 2.13. The van der Waals surface area contributed by atoms with E-state index in [1.54, 1.807) is 0 Å². The molecule has 0 aromatic carbocycles. The minimum absolute atomic E-state index is 0.347. The molecular weight excluding hydrogens is 174 g/mol. The van der Waals surface area contributed by atoms with Crippen molar-refractivity contribution in [1.82, 2.24) is 5.32 Å². The Kier molecular flexibility index (Phi) is 9.35. The second-order valence-corrected chi connectivity index (χ2v) is 4.43. The molecule has 0 aromatic heterocycles. The van der Waals surface area contributed by atoms with Crippen molar-refractivity contribution in [2.75, 3.05) is 19.6 Å². The highest BCUT2D eigenvalue weighted by atomic mass is 14.8. The van der Waals surface area contributed by atoms with Crippen molar-refractivity contribution >= 4 is 0 Å². The molecule has 0 aromatic rings. The van der Waals surface area contributed by atoms with E-state index < -0.39 is 0 Å². The summed E-state index contributed by atoms with van der Waals surface area (Å²) >= 11 is 0. The van der Waals surface area contributed by atoms with Crippen molar-refractivity contribution in [2.45, 2.75) is 45.6 Å². The van der Waals surface area contributed by atoms with Crippen LogP contribution in [0.3, 0.4) is 0 Å². The van der Waals surface area contributed by atoms with Crippen LogP contribution in [0.2, 0.25) is 0 Å². The van der Waals surface area contributed by atoms with E-state index in [9.17, 15) is 0 Å². The van der Waals surface area contributed by atoms with E-state index in [2.05, 4.69) is 19.2 Å². The minimum Gasteiger partial charge on any atom is -0.330 e. The van der Waals surface area contributed by atoms with Crippen LogP contribution in [0.15, 0.2) is 0 Å². The summed E-state index contributed by atoms with van der Waals surface area (Å²) in [4.78, 5) is 0. The summed E-state index contributed by atoms with van der Waals surface area (Å²) in [6, 6.07) is 0.347. The average molecular weight is 201 g/mol. The van der Waals surface area contributed by atoms with Gasteiger partial charge in [-0.05, 0) is 51.2 Å². The van der Waals surface area contributed by atoms with Gasteiger partial charge in [-0.2, -0.15) is 0 Å². The van der Waals surface area contributed by atoms with Gasteiger partial charge in [0, 0.05) is 6.04 Å². The highest BCUT2D eigenvalue weighted by molar-refractivity contribution is 4.62. The van der Waals surface area contributed by atoms with E-state index in [0.29, 0.717) is 6.04 Å². The monoisotopic (exact) mass is 201 g/mol. The molecule has 0 aliphatic rings. The maximum absolute atomic E-state index is 5.92. The molecule has 0 aliphatic heterocycles. The predicted molar refractivity (Wildman–Crippen MR) is 63.2 cm³/mol.